The van der Waals surface area contributed by atoms with Crippen LogP contribution in [0, 0.1) is 5.82 Å². The third-order valence-corrected chi connectivity index (χ3v) is 3.67. The number of hydrogen-bond donors (Lipinski definition) is 2. The van der Waals surface area contributed by atoms with Gasteiger partial charge in [0, 0.05) is 18.5 Å². The van der Waals surface area contributed by atoms with E-state index in [1.54, 1.807) is 6.07 Å². The third kappa shape index (κ3) is 3.23. The zero-order chi connectivity index (χ0) is 17.1. The molecule has 2 N–H and O–H groups in total. The van der Waals surface area contributed by atoms with E-state index >= 15 is 0 Å². The monoisotopic (exact) mass is 321 g/mol. The number of halogens is 1. The second-order valence-corrected chi connectivity index (χ2v) is 5.24. The number of ketones is 1. The number of aliphatic carboxylic acids is 1. The number of benzene rings is 1. The van der Waals surface area contributed by atoms with E-state index in [1.165, 1.54) is 25.1 Å². The highest BCUT2D eigenvalue weighted by molar-refractivity contribution is 6.08. The maximum Gasteiger partial charge on any atom is 0.303 e. The first-order valence-corrected chi connectivity index (χ1v) is 7.05. The van der Waals surface area contributed by atoms with Crippen LogP contribution in [0.15, 0.2) is 35.6 Å². The fourth-order valence-corrected chi connectivity index (χ4v) is 2.66. The molecule has 1 aromatic carbocycles. The van der Waals surface area contributed by atoms with Crippen molar-refractivity contribution >= 4 is 17.7 Å². The largest absolute Gasteiger partial charge is 0.503 e. The van der Waals surface area contributed by atoms with Gasteiger partial charge in [0.25, 0.3) is 5.91 Å². The van der Waals surface area contributed by atoms with Crippen LogP contribution in [0.4, 0.5) is 4.39 Å². The van der Waals surface area contributed by atoms with Gasteiger partial charge in [0.1, 0.15) is 5.82 Å². The van der Waals surface area contributed by atoms with Gasteiger partial charge in [-0.15, -0.1) is 0 Å². The normalized spacial score (nSPS) is 17.7. The standard InChI is InChI=1S/C16H16FNO5/c1-9(19)13-14(10-5-2-3-6-11(10)17)18(16(23)15(13)22)8-4-7-12(20)21/h2-3,5-6,14,22H,4,7-8H2,1H3,(H,20,21). The number of amides is 1. The summed E-state index contributed by atoms with van der Waals surface area (Å²) in [6.07, 6.45) is -0.0472. The molecule has 1 unspecified atom stereocenters. The van der Waals surface area contributed by atoms with Crippen molar-refractivity contribution in [3.05, 3.63) is 47.0 Å². The van der Waals surface area contributed by atoms with E-state index in [4.69, 9.17) is 5.11 Å². The van der Waals surface area contributed by atoms with Crippen LogP contribution in [0.3, 0.4) is 0 Å². The van der Waals surface area contributed by atoms with Crippen LogP contribution in [0.25, 0.3) is 0 Å². The lowest BCUT2D eigenvalue weighted by Gasteiger charge is -2.26. The number of carboxylic acid groups (broad SMARTS) is 1. The molecule has 0 saturated heterocycles. The van der Waals surface area contributed by atoms with E-state index in [9.17, 15) is 23.9 Å². The van der Waals surface area contributed by atoms with Crippen LogP contribution in [0.2, 0.25) is 0 Å². The summed E-state index contributed by atoms with van der Waals surface area (Å²) in [4.78, 5) is 35.8. The highest BCUT2D eigenvalue weighted by Gasteiger charge is 2.42. The molecule has 1 aliphatic rings. The second-order valence-electron chi connectivity index (χ2n) is 5.24. The predicted octanol–water partition coefficient (Wildman–Crippen LogP) is 1.97. The molecule has 1 aromatic rings. The van der Waals surface area contributed by atoms with Crippen LogP contribution in [-0.2, 0) is 14.4 Å². The van der Waals surface area contributed by atoms with Crippen molar-refractivity contribution in [1.29, 1.82) is 0 Å². The highest BCUT2D eigenvalue weighted by Crippen LogP contribution is 2.38. The summed E-state index contributed by atoms with van der Waals surface area (Å²) in [6.45, 7) is 1.18. The first-order valence-electron chi connectivity index (χ1n) is 7.05. The summed E-state index contributed by atoms with van der Waals surface area (Å²) < 4.78 is 14.1. The lowest BCUT2D eigenvalue weighted by molar-refractivity contribution is -0.138. The van der Waals surface area contributed by atoms with Crippen LogP contribution in [0.1, 0.15) is 31.4 Å². The molecule has 0 aromatic heterocycles. The molecule has 1 amide bonds. The molecular formula is C16H16FNO5. The van der Waals surface area contributed by atoms with E-state index in [2.05, 4.69) is 0 Å². The topological polar surface area (TPSA) is 94.9 Å². The van der Waals surface area contributed by atoms with Gasteiger partial charge in [0.2, 0.25) is 0 Å². The van der Waals surface area contributed by atoms with Gasteiger partial charge in [-0.3, -0.25) is 14.4 Å². The number of carboxylic acids is 1. The summed E-state index contributed by atoms with van der Waals surface area (Å²) in [5.74, 6) is -3.68. The number of aliphatic hydroxyl groups excluding tert-OH is 1. The molecule has 6 nitrogen and oxygen atoms in total. The van der Waals surface area contributed by atoms with Gasteiger partial charge in [0.05, 0.1) is 11.6 Å². The first-order chi connectivity index (χ1) is 10.8. The number of hydrogen-bond acceptors (Lipinski definition) is 4. The molecule has 0 bridgehead atoms. The Morgan fingerprint density at radius 2 is 1.96 bits per heavy atom. The smallest absolute Gasteiger partial charge is 0.303 e. The highest BCUT2D eigenvalue weighted by atomic mass is 19.1. The number of rotatable bonds is 6. The van der Waals surface area contributed by atoms with Crippen molar-refractivity contribution in [2.24, 2.45) is 0 Å². The maximum absolute atomic E-state index is 14.1. The van der Waals surface area contributed by atoms with Crippen LogP contribution >= 0.6 is 0 Å². The number of Topliss-reactive ketones (excluding diaryl/α,β-unsaturated/α-hetero) is 1. The Balaban J connectivity index is 2.41. The minimum atomic E-state index is -1.05. The lowest BCUT2D eigenvalue weighted by Crippen LogP contribution is -2.32. The Morgan fingerprint density at radius 3 is 2.52 bits per heavy atom. The van der Waals surface area contributed by atoms with Crippen LogP contribution in [0.5, 0.6) is 0 Å². The molecule has 0 fully saturated rings. The van der Waals surface area contributed by atoms with Gasteiger partial charge in [-0.2, -0.15) is 0 Å². The summed E-state index contributed by atoms with van der Waals surface area (Å²) >= 11 is 0. The summed E-state index contributed by atoms with van der Waals surface area (Å²) in [5.41, 5.74) is -0.0825. The SMILES string of the molecule is CC(=O)C1=C(O)C(=O)N(CCCC(=O)O)C1c1ccccc1F. The zero-order valence-corrected chi connectivity index (χ0v) is 12.5. The molecular weight excluding hydrogens is 305 g/mol. The number of nitrogens with zero attached hydrogens (tertiary/aromatic N) is 1. The van der Waals surface area contributed by atoms with Crippen molar-refractivity contribution < 1.29 is 29.0 Å². The van der Waals surface area contributed by atoms with Crippen LogP contribution < -0.4 is 0 Å². The maximum atomic E-state index is 14.1. The molecule has 0 spiro atoms. The molecule has 1 aliphatic heterocycles. The predicted molar refractivity (Wildman–Crippen MR) is 78.1 cm³/mol. The fourth-order valence-electron chi connectivity index (χ4n) is 2.66. The van der Waals surface area contributed by atoms with E-state index in [0.717, 1.165) is 4.90 Å². The Hall–Kier alpha value is -2.70. The van der Waals surface area contributed by atoms with Crippen LogP contribution in [-0.4, -0.2) is 39.3 Å². The number of carbonyl (C=O) groups excluding carboxylic acids is 2. The molecule has 1 atom stereocenters. The van der Waals surface area contributed by atoms with E-state index in [1.807, 2.05) is 0 Å². The molecule has 122 valence electrons. The Morgan fingerprint density at radius 1 is 1.30 bits per heavy atom. The van der Waals surface area contributed by atoms with Gasteiger partial charge in [-0.25, -0.2) is 4.39 Å². The molecule has 23 heavy (non-hydrogen) atoms. The van der Waals surface area contributed by atoms with Gasteiger partial charge in [0.15, 0.2) is 11.5 Å². The molecule has 0 radical (unpaired) electrons. The second kappa shape index (κ2) is 6.60. The van der Waals surface area contributed by atoms with Crippen molar-refractivity contribution in [3.8, 4) is 0 Å². The lowest BCUT2D eigenvalue weighted by atomic mass is 9.96. The van der Waals surface area contributed by atoms with E-state index in [0.29, 0.717) is 0 Å². The molecule has 2 rings (SSSR count). The summed E-state index contributed by atoms with van der Waals surface area (Å²) in [6, 6.07) is 4.61. The Bertz CT molecular complexity index is 697. The average Bonchev–Trinajstić information content (AvgIpc) is 2.72. The van der Waals surface area contributed by atoms with Crippen molar-refractivity contribution in [2.75, 3.05) is 6.54 Å². The van der Waals surface area contributed by atoms with Crippen molar-refractivity contribution in [3.63, 3.8) is 0 Å². The zero-order valence-electron chi connectivity index (χ0n) is 12.5. The quantitative estimate of drug-likeness (QED) is 0.835. The molecule has 7 heteroatoms. The van der Waals surface area contributed by atoms with Gasteiger partial charge in [-0.1, -0.05) is 18.2 Å². The first kappa shape index (κ1) is 16.7. The fraction of sp³-hybridized carbons (Fsp3) is 0.312. The summed E-state index contributed by atoms with van der Waals surface area (Å²) in [5, 5.41) is 18.7. The molecule has 1 heterocycles. The van der Waals surface area contributed by atoms with Gasteiger partial charge in [-0.05, 0) is 19.4 Å². The van der Waals surface area contributed by atoms with E-state index in [-0.39, 0.29) is 30.5 Å². The minimum Gasteiger partial charge on any atom is -0.503 e. The molecule has 0 aliphatic carbocycles. The minimum absolute atomic E-state index is 0.00895. The summed E-state index contributed by atoms with van der Waals surface area (Å²) in [7, 11) is 0. The average molecular weight is 321 g/mol. The van der Waals surface area contributed by atoms with Gasteiger partial charge < -0.3 is 15.1 Å². The Kier molecular flexibility index (Phi) is 4.78. The number of aliphatic hydroxyl groups is 1. The Labute approximate surface area is 131 Å². The van der Waals surface area contributed by atoms with Crippen molar-refractivity contribution in [1.82, 2.24) is 4.90 Å². The van der Waals surface area contributed by atoms with Gasteiger partial charge >= 0.3 is 5.97 Å². The number of carbonyl (C=O) groups is 3. The van der Waals surface area contributed by atoms with E-state index < -0.39 is 35.3 Å². The third-order valence-electron chi connectivity index (χ3n) is 3.67. The van der Waals surface area contributed by atoms with Crippen molar-refractivity contribution in [2.45, 2.75) is 25.8 Å². The molecule has 0 saturated carbocycles.